The highest BCUT2D eigenvalue weighted by Crippen LogP contribution is 2.14. The first-order valence-corrected chi connectivity index (χ1v) is 10.0. The maximum atomic E-state index is 12.6. The van der Waals surface area contributed by atoms with E-state index in [1.807, 2.05) is 6.92 Å². The zero-order valence-electron chi connectivity index (χ0n) is 14.9. The van der Waals surface area contributed by atoms with Gasteiger partial charge in [-0.2, -0.15) is 0 Å². The number of carbonyl (C=O) groups is 1. The van der Waals surface area contributed by atoms with Crippen LogP contribution in [0.15, 0.2) is 41.8 Å². The van der Waals surface area contributed by atoms with Crippen molar-refractivity contribution < 1.29 is 13.2 Å². The molecule has 1 aliphatic rings. The van der Waals surface area contributed by atoms with E-state index in [0.717, 1.165) is 13.1 Å². The lowest BCUT2D eigenvalue weighted by molar-refractivity contribution is 0.0810. The molecule has 1 fully saturated rings. The molecule has 1 heterocycles. The Labute approximate surface area is 150 Å². The second-order valence-corrected chi connectivity index (χ2v) is 8.25. The Kier molecular flexibility index (Phi) is 6.75. The minimum atomic E-state index is -3.66. The van der Waals surface area contributed by atoms with Gasteiger partial charge in [-0.1, -0.05) is 12.1 Å². The monoisotopic (exact) mass is 365 g/mol. The molecule has 25 heavy (non-hydrogen) atoms. The largest absolute Gasteiger partial charge is 0.338 e. The van der Waals surface area contributed by atoms with Crippen LogP contribution >= 0.6 is 0 Å². The van der Waals surface area contributed by atoms with E-state index in [1.165, 1.54) is 29.9 Å². The van der Waals surface area contributed by atoms with Gasteiger partial charge in [-0.3, -0.25) is 4.79 Å². The number of rotatable bonds is 8. The first-order valence-electron chi connectivity index (χ1n) is 8.54. The molecule has 1 aromatic rings. The minimum absolute atomic E-state index is 0.110. The van der Waals surface area contributed by atoms with Gasteiger partial charge in [0.15, 0.2) is 0 Å². The third-order valence-electron chi connectivity index (χ3n) is 4.23. The molecule has 138 valence electrons. The van der Waals surface area contributed by atoms with E-state index in [0.29, 0.717) is 18.7 Å². The van der Waals surface area contributed by atoms with Crippen LogP contribution in [0.1, 0.15) is 30.1 Å². The summed E-state index contributed by atoms with van der Waals surface area (Å²) in [5.74, 6) is -0.234. The number of nitrogens with one attached hydrogen (secondary N) is 1. The molecule has 1 aromatic carbocycles. The van der Waals surface area contributed by atoms with E-state index in [4.69, 9.17) is 0 Å². The highest BCUT2D eigenvalue weighted by atomic mass is 32.2. The number of hydrogen-bond donors (Lipinski definition) is 1. The molecule has 1 aliphatic heterocycles. The fourth-order valence-electron chi connectivity index (χ4n) is 3.02. The van der Waals surface area contributed by atoms with Gasteiger partial charge < -0.3 is 9.80 Å². The van der Waals surface area contributed by atoms with Gasteiger partial charge in [-0.15, -0.1) is 6.58 Å². The van der Waals surface area contributed by atoms with Crippen LogP contribution in [-0.2, 0) is 10.0 Å². The van der Waals surface area contributed by atoms with E-state index in [1.54, 1.807) is 25.3 Å². The number of benzene rings is 1. The molecule has 6 nitrogen and oxygen atoms in total. The number of nitrogens with zero attached hydrogens (tertiary/aromatic N) is 2. The zero-order chi connectivity index (χ0) is 18.4. The molecular formula is C18H27N3O3S. The van der Waals surface area contributed by atoms with Crippen LogP contribution in [0.25, 0.3) is 0 Å². The minimum Gasteiger partial charge on any atom is -0.338 e. The van der Waals surface area contributed by atoms with Gasteiger partial charge in [0.1, 0.15) is 0 Å². The highest BCUT2D eigenvalue weighted by Gasteiger charge is 2.22. The molecule has 0 spiro atoms. The SMILES string of the molecule is C=CCN(C)C(=O)c1cccc(S(=O)(=O)NC(C)CN2CCCC2)c1. The predicted octanol–water partition coefficient (Wildman–Crippen LogP) is 1.71. The van der Waals surface area contributed by atoms with Gasteiger partial charge in [0.25, 0.3) is 5.91 Å². The molecule has 7 heteroatoms. The van der Waals surface area contributed by atoms with Gasteiger partial charge in [-0.25, -0.2) is 13.1 Å². The summed E-state index contributed by atoms with van der Waals surface area (Å²) in [4.78, 5) is 16.2. The summed E-state index contributed by atoms with van der Waals surface area (Å²) < 4.78 is 27.9. The quantitative estimate of drug-likeness (QED) is 0.712. The molecule has 1 amide bonds. The Hall–Kier alpha value is -1.70. The van der Waals surface area contributed by atoms with Crippen LogP contribution < -0.4 is 4.72 Å². The summed E-state index contributed by atoms with van der Waals surface area (Å²) >= 11 is 0. The molecule has 0 aromatic heterocycles. The number of sulfonamides is 1. The fourth-order valence-corrected chi connectivity index (χ4v) is 4.30. The lowest BCUT2D eigenvalue weighted by atomic mass is 10.2. The Bertz CT molecular complexity index is 712. The van der Waals surface area contributed by atoms with Crippen LogP contribution in [-0.4, -0.2) is 63.4 Å². The van der Waals surface area contributed by atoms with E-state index < -0.39 is 10.0 Å². The predicted molar refractivity (Wildman–Crippen MR) is 99.1 cm³/mol. The molecular weight excluding hydrogens is 338 g/mol. The van der Waals surface area contributed by atoms with Crippen molar-refractivity contribution in [3.8, 4) is 0 Å². The van der Waals surface area contributed by atoms with Crippen LogP contribution in [0.5, 0.6) is 0 Å². The van der Waals surface area contributed by atoms with Crippen LogP contribution in [0.4, 0.5) is 0 Å². The first-order chi connectivity index (χ1) is 11.8. The molecule has 0 aliphatic carbocycles. The van der Waals surface area contributed by atoms with Gasteiger partial charge >= 0.3 is 0 Å². The van der Waals surface area contributed by atoms with Gasteiger partial charge in [0, 0.05) is 31.7 Å². The summed E-state index contributed by atoms with van der Waals surface area (Å²) in [6.45, 7) is 8.61. The second-order valence-electron chi connectivity index (χ2n) is 6.53. The number of likely N-dealkylation sites (N-methyl/N-ethyl adjacent to an activating group) is 1. The molecule has 1 unspecified atom stereocenters. The maximum Gasteiger partial charge on any atom is 0.253 e. The third kappa shape index (κ3) is 5.39. The van der Waals surface area contributed by atoms with Crippen molar-refractivity contribution in [3.63, 3.8) is 0 Å². The molecule has 1 N–H and O–H groups in total. The van der Waals surface area contributed by atoms with Crippen molar-refractivity contribution in [2.24, 2.45) is 0 Å². The Morgan fingerprint density at radius 2 is 2.08 bits per heavy atom. The molecule has 0 radical (unpaired) electrons. The van der Waals surface area contributed by atoms with E-state index >= 15 is 0 Å². The zero-order valence-corrected chi connectivity index (χ0v) is 15.8. The van der Waals surface area contributed by atoms with Gasteiger partial charge in [0.05, 0.1) is 4.90 Å². The molecule has 0 saturated carbocycles. The molecule has 1 saturated heterocycles. The van der Waals surface area contributed by atoms with Crippen molar-refractivity contribution in [2.75, 3.05) is 33.2 Å². The summed E-state index contributed by atoms with van der Waals surface area (Å²) in [6.07, 6.45) is 3.96. The van der Waals surface area contributed by atoms with Crippen LogP contribution in [0, 0.1) is 0 Å². The third-order valence-corrected chi connectivity index (χ3v) is 5.82. The summed E-state index contributed by atoms with van der Waals surface area (Å²) in [7, 11) is -2.01. The maximum absolute atomic E-state index is 12.6. The number of amides is 1. The molecule has 1 atom stereocenters. The van der Waals surface area contributed by atoms with Crippen molar-refractivity contribution >= 4 is 15.9 Å². The van der Waals surface area contributed by atoms with E-state index in [2.05, 4.69) is 16.2 Å². The summed E-state index contributed by atoms with van der Waals surface area (Å²) in [5.41, 5.74) is 0.347. The van der Waals surface area contributed by atoms with Crippen LogP contribution in [0.2, 0.25) is 0 Å². The van der Waals surface area contributed by atoms with Crippen molar-refractivity contribution in [3.05, 3.63) is 42.5 Å². The topological polar surface area (TPSA) is 69.7 Å². The second kappa shape index (κ2) is 8.60. The molecule has 2 rings (SSSR count). The molecule has 0 bridgehead atoms. The number of hydrogen-bond acceptors (Lipinski definition) is 4. The fraction of sp³-hybridized carbons (Fsp3) is 0.500. The lowest BCUT2D eigenvalue weighted by Gasteiger charge is -2.21. The summed E-state index contributed by atoms with van der Waals surface area (Å²) in [5, 5.41) is 0. The van der Waals surface area contributed by atoms with E-state index in [9.17, 15) is 13.2 Å². The Morgan fingerprint density at radius 3 is 2.72 bits per heavy atom. The van der Waals surface area contributed by atoms with Gasteiger partial charge in [0.2, 0.25) is 10.0 Å². The van der Waals surface area contributed by atoms with Gasteiger partial charge in [-0.05, 0) is 51.1 Å². The first kappa shape index (κ1) is 19.6. The average molecular weight is 365 g/mol. The summed E-state index contributed by atoms with van der Waals surface area (Å²) in [6, 6.07) is 5.96. The Morgan fingerprint density at radius 1 is 1.40 bits per heavy atom. The number of likely N-dealkylation sites (tertiary alicyclic amines) is 1. The normalized spacial score (nSPS) is 16.6. The lowest BCUT2D eigenvalue weighted by Crippen LogP contribution is -2.41. The highest BCUT2D eigenvalue weighted by molar-refractivity contribution is 7.89. The van der Waals surface area contributed by atoms with Crippen LogP contribution in [0.3, 0.4) is 0 Å². The van der Waals surface area contributed by atoms with Crippen molar-refractivity contribution in [1.29, 1.82) is 0 Å². The standard InChI is InChI=1S/C18H27N3O3S/c1-4-10-20(3)18(22)16-8-7-9-17(13-16)25(23,24)19-15(2)14-21-11-5-6-12-21/h4,7-9,13,15,19H,1,5-6,10-12,14H2,2-3H3. The Balaban J connectivity index is 2.09. The van der Waals surface area contributed by atoms with Crippen molar-refractivity contribution in [1.82, 2.24) is 14.5 Å². The average Bonchev–Trinajstić information content (AvgIpc) is 3.06. The number of carbonyl (C=O) groups excluding carboxylic acids is 1. The smallest absolute Gasteiger partial charge is 0.253 e. The van der Waals surface area contributed by atoms with E-state index in [-0.39, 0.29) is 16.8 Å². The van der Waals surface area contributed by atoms with Crippen molar-refractivity contribution in [2.45, 2.75) is 30.7 Å².